The van der Waals surface area contributed by atoms with E-state index >= 15 is 0 Å². The highest BCUT2D eigenvalue weighted by Crippen LogP contribution is 2.40. The molecule has 0 fully saturated rings. The first kappa shape index (κ1) is 7.09. The lowest BCUT2D eigenvalue weighted by Gasteiger charge is -2.38. The van der Waals surface area contributed by atoms with Crippen LogP contribution in [0.15, 0.2) is 18.3 Å². The summed E-state index contributed by atoms with van der Waals surface area (Å²) in [6.45, 7) is 5.93. The molecule has 0 saturated carbocycles. The molecule has 0 amide bonds. The summed E-state index contributed by atoms with van der Waals surface area (Å²) in [5.74, 6) is 0.744. The maximum absolute atomic E-state index is 7.69. The predicted molar refractivity (Wildman–Crippen MR) is 64.3 cm³/mol. The molecule has 3 nitrogen and oxygen atoms in total. The van der Waals surface area contributed by atoms with E-state index in [1.807, 2.05) is 13.0 Å². The largest absolute Gasteiger partial charge is 0.351 e. The number of hydrogen-bond acceptors (Lipinski definition) is 3. The molecule has 15 heavy (non-hydrogen) atoms. The van der Waals surface area contributed by atoms with Crippen LogP contribution in [-0.2, 0) is 0 Å². The molecular formula is C12H19N3. The minimum atomic E-state index is -2.16. The van der Waals surface area contributed by atoms with E-state index in [0.717, 1.165) is 5.82 Å². The molecule has 82 valence electrons. The SMILES string of the molecule is [2H]C([2H])([2H])N1c2cccnc2N(C(C)(C)C)[C@H]1C. The van der Waals surface area contributed by atoms with E-state index in [9.17, 15) is 0 Å². The van der Waals surface area contributed by atoms with Crippen LogP contribution >= 0.6 is 0 Å². The van der Waals surface area contributed by atoms with Crippen molar-refractivity contribution in [1.29, 1.82) is 0 Å². The molecule has 0 spiro atoms. The number of fused-ring (bicyclic) bond motifs is 1. The third-order valence-corrected chi connectivity index (χ3v) is 2.72. The van der Waals surface area contributed by atoms with Crippen molar-refractivity contribution in [1.82, 2.24) is 4.98 Å². The van der Waals surface area contributed by atoms with Gasteiger partial charge in [0.25, 0.3) is 0 Å². The van der Waals surface area contributed by atoms with Crippen molar-refractivity contribution in [3.63, 3.8) is 0 Å². The predicted octanol–water partition coefficient (Wildman–Crippen LogP) is 2.48. The van der Waals surface area contributed by atoms with Crippen LogP contribution in [0.5, 0.6) is 0 Å². The van der Waals surface area contributed by atoms with Crippen molar-refractivity contribution < 1.29 is 4.11 Å². The first-order valence-electron chi connectivity index (χ1n) is 6.68. The van der Waals surface area contributed by atoms with Crippen LogP contribution in [-0.4, -0.2) is 23.7 Å². The molecule has 0 unspecified atom stereocenters. The molecule has 0 N–H and O–H groups in total. The Labute approximate surface area is 95.9 Å². The fourth-order valence-electron chi connectivity index (χ4n) is 2.13. The quantitative estimate of drug-likeness (QED) is 0.653. The van der Waals surface area contributed by atoms with Gasteiger partial charge < -0.3 is 9.80 Å². The molecule has 0 aromatic carbocycles. The van der Waals surface area contributed by atoms with E-state index in [1.54, 1.807) is 12.3 Å². The summed E-state index contributed by atoms with van der Waals surface area (Å²) in [5.41, 5.74) is 0.502. The summed E-state index contributed by atoms with van der Waals surface area (Å²) in [4.78, 5) is 7.86. The molecular weight excluding hydrogens is 186 g/mol. The summed E-state index contributed by atoms with van der Waals surface area (Å²) in [6, 6.07) is 3.59. The van der Waals surface area contributed by atoms with Crippen LogP contribution < -0.4 is 9.80 Å². The number of anilines is 2. The highest BCUT2D eigenvalue weighted by Gasteiger charge is 2.37. The van der Waals surface area contributed by atoms with Crippen molar-refractivity contribution in [3.8, 4) is 0 Å². The Bertz CT molecular complexity index is 410. The van der Waals surface area contributed by atoms with Crippen LogP contribution in [0, 0.1) is 0 Å². The van der Waals surface area contributed by atoms with Crippen molar-refractivity contribution in [3.05, 3.63) is 18.3 Å². The zero-order chi connectivity index (χ0) is 13.7. The first-order chi connectivity index (χ1) is 8.14. The molecule has 1 aromatic heterocycles. The third-order valence-electron chi connectivity index (χ3n) is 2.72. The van der Waals surface area contributed by atoms with Crippen molar-refractivity contribution in [2.45, 2.75) is 39.4 Å². The van der Waals surface area contributed by atoms with E-state index in [1.165, 1.54) is 4.90 Å². The molecule has 0 bridgehead atoms. The standard InChI is InChI=1S/C12H19N3/c1-9-14(5)10-7-6-8-13-11(10)15(9)12(2,3)4/h6-9H,1-5H3/t9-/m0/s1/i5D3. The van der Waals surface area contributed by atoms with E-state index in [-0.39, 0.29) is 11.7 Å². The van der Waals surface area contributed by atoms with Gasteiger partial charge in [-0.1, -0.05) is 0 Å². The Morgan fingerprint density at radius 2 is 2.20 bits per heavy atom. The smallest absolute Gasteiger partial charge is 0.154 e. The van der Waals surface area contributed by atoms with Crippen LogP contribution in [0.4, 0.5) is 11.5 Å². The van der Waals surface area contributed by atoms with E-state index in [4.69, 9.17) is 4.11 Å². The molecule has 1 aromatic rings. The maximum Gasteiger partial charge on any atom is 0.154 e. The Morgan fingerprint density at radius 3 is 2.80 bits per heavy atom. The molecule has 2 rings (SSSR count). The van der Waals surface area contributed by atoms with Crippen molar-refractivity contribution in [2.24, 2.45) is 0 Å². The Kier molecular flexibility index (Phi) is 1.48. The van der Waals surface area contributed by atoms with Gasteiger partial charge in [-0.15, -0.1) is 0 Å². The van der Waals surface area contributed by atoms with Gasteiger partial charge >= 0.3 is 0 Å². The third kappa shape index (κ3) is 1.46. The van der Waals surface area contributed by atoms with Crippen LogP contribution in [0.2, 0.25) is 0 Å². The molecule has 1 aliphatic rings. The fourth-order valence-corrected chi connectivity index (χ4v) is 2.13. The van der Waals surface area contributed by atoms with Crippen LogP contribution in [0.3, 0.4) is 0 Å². The van der Waals surface area contributed by atoms with E-state index in [2.05, 4.69) is 30.7 Å². The van der Waals surface area contributed by atoms with Gasteiger partial charge in [0, 0.05) is 22.8 Å². The number of nitrogens with zero attached hydrogens (tertiary/aromatic N) is 3. The highest BCUT2D eigenvalue weighted by molar-refractivity contribution is 5.74. The average Bonchev–Trinajstić information content (AvgIpc) is 2.47. The molecule has 1 aliphatic heterocycles. The minimum absolute atomic E-state index is 0.178. The summed E-state index contributed by atoms with van der Waals surface area (Å²) >= 11 is 0. The van der Waals surface area contributed by atoms with E-state index < -0.39 is 6.98 Å². The Morgan fingerprint density at radius 1 is 1.47 bits per heavy atom. The fraction of sp³-hybridized carbons (Fsp3) is 0.583. The first-order valence-corrected chi connectivity index (χ1v) is 5.18. The second-order valence-electron chi connectivity index (χ2n) is 4.89. The van der Waals surface area contributed by atoms with Gasteiger partial charge in [-0.25, -0.2) is 4.98 Å². The van der Waals surface area contributed by atoms with Gasteiger partial charge in [0.1, 0.15) is 6.17 Å². The minimum Gasteiger partial charge on any atom is -0.351 e. The number of pyridine rings is 1. The normalized spacial score (nSPS) is 24.5. The summed E-state index contributed by atoms with van der Waals surface area (Å²) in [7, 11) is 0. The van der Waals surface area contributed by atoms with Crippen LogP contribution in [0.1, 0.15) is 31.8 Å². The second kappa shape index (κ2) is 3.12. The van der Waals surface area contributed by atoms with E-state index in [0.29, 0.717) is 5.69 Å². The Balaban J connectivity index is 2.57. The van der Waals surface area contributed by atoms with Crippen molar-refractivity contribution >= 4 is 11.5 Å². The molecule has 2 heterocycles. The maximum atomic E-state index is 7.69. The van der Waals surface area contributed by atoms with Gasteiger partial charge in [0.15, 0.2) is 5.82 Å². The molecule has 0 aliphatic carbocycles. The molecule has 0 radical (unpaired) electrons. The lowest BCUT2D eigenvalue weighted by Crippen LogP contribution is -2.49. The zero-order valence-corrected chi connectivity index (χ0v) is 9.65. The highest BCUT2D eigenvalue weighted by atomic mass is 15.4. The molecule has 0 saturated heterocycles. The summed E-state index contributed by atoms with van der Waals surface area (Å²) < 4.78 is 23.1. The summed E-state index contributed by atoms with van der Waals surface area (Å²) in [6.07, 6.45) is 1.47. The number of aromatic nitrogens is 1. The Hall–Kier alpha value is -1.25. The zero-order valence-electron chi connectivity index (χ0n) is 12.7. The average molecular weight is 208 g/mol. The number of rotatable bonds is 0. The molecule has 1 atom stereocenters. The lowest BCUT2D eigenvalue weighted by molar-refractivity contribution is 0.460. The second-order valence-corrected chi connectivity index (χ2v) is 4.89. The van der Waals surface area contributed by atoms with Crippen LogP contribution in [0.25, 0.3) is 0 Å². The monoisotopic (exact) mass is 208 g/mol. The topological polar surface area (TPSA) is 19.4 Å². The molecule has 3 heteroatoms. The number of hydrogen-bond donors (Lipinski definition) is 0. The van der Waals surface area contributed by atoms with Gasteiger partial charge in [-0.05, 0) is 39.8 Å². The lowest BCUT2D eigenvalue weighted by atomic mass is 10.1. The van der Waals surface area contributed by atoms with Gasteiger partial charge in [-0.2, -0.15) is 0 Å². The van der Waals surface area contributed by atoms with Crippen molar-refractivity contribution in [2.75, 3.05) is 16.8 Å². The van der Waals surface area contributed by atoms with Gasteiger partial charge in [0.05, 0.1) is 5.69 Å². The van der Waals surface area contributed by atoms with Gasteiger partial charge in [0.2, 0.25) is 0 Å². The summed E-state index contributed by atoms with van der Waals surface area (Å²) in [5, 5.41) is 0. The van der Waals surface area contributed by atoms with Gasteiger partial charge in [-0.3, -0.25) is 0 Å².